The molecule has 0 aromatic heterocycles. The molecule has 5 nitrogen and oxygen atoms in total. The third-order valence-electron chi connectivity index (χ3n) is 5.18. The number of hydrogen-bond acceptors (Lipinski definition) is 4. The van der Waals surface area contributed by atoms with Crippen molar-refractivity contribution in [1.29, 1.82) is 0 Å². The van der Waals surface area contributed by atoms with E-state index in [1.54, 1.807) is 7.05 Å². The minimum atomic E-state index is -4.21. The van der Waals surface area contributed by atoms with Gasteiger partial charge >= 0.3 is 6.09 Å². The monoisotopic (exact) mass is 473 g/mol. The Morgan fingerprint density at radius 1 is 1.16 bits per heavy atom. The molecule has 0 aliphatic carbocycles. The number of amides is 1. The molecule has 1 amide bonds. The summed E-state index contributed by atoms with van der Waals surface area (Å²) in [5, 5.41) is 0.335. The highest BCUT2D eigenvalue weighted by Crippen LogP contribution is 2.40. The van der Waals surface area contributed by atoms with Crippen LogP contribution >= 0.6 is 11.6 Å². The van der Waals surface area contributed by atoms with Crippen molar-refractivity contribution < 1.29 is 26.7 Å². The molecular weight excluding hydrogens is 448 g/mol. The van der Waals surface area contributed by atoms with Crippen LogP contribution in [0.25, 0.3) is 0 Å². The molecule has 0 saturated carbocycles. The minimum Gasteiger partial charge on any atom is -0.449 e. The Kier molecular flexibility index (Phi) is 8.42. The molecule has 31 heavy (non-hydrogen) atoms. The molecular formula is C22H26ClF2NO4S. The normalized spacial score (nSPS) is 13.5. The fourth-order valence-corrected chi connectivity index (χ4v) is 5.06. The molecule has 0 bridgehead atoms. The third-order valence-corrected chi connectivity index (χ3v) is 7.93. The van der Waals surface area contributed by atoms with Gasteiger partial charge in [0.15, 0.2) is 9.84 Å². The van der Waals surface area contributed by atoms with Gasteiger partial charge in [0.1, 0.15) is 16.4 Å². The lowest BCUT2D eigenvalue weighted by molar-refractivity contribution is 0.106. The number of rotatable bonds is 9. The van der Waals surface area contributed by atoms with E-state index in [0.717, 1.165) is 31.0 Å². The summed E-state index contributed by atoms with van der Waals surface area (Å²) in [6.45, 7) is 3.48. The summed E-state index contributed by atoms with van der Waals surface area (Å²) < 4.78 is 58.9. The van der Waals surface area contributed by atoms with E-state index in [1.165, 1.54) is 36.1 Å². The summed E-state index contributed by atoms with van der Waals surface area (Å²) in [6.07, 6.45) is 0.807. The van der Waals surface area contributed by atoms with Crippen molar-refractivity contribution in [2.24, 2.45) is 0 Å². The zero-order chi connectivity index (χ0) is 23.2. The lowest BCUT2D eigenvalue weighted by Crippen LogP contribution is -2.36. The van der Waals surface area contributed by atoms with Crippen LogP contribution in [0.1, 0.15) is 38.7 Å². The lowest BCUT2D eigenvalue weighted by Gasteiger charge is -2.30. The van der Waals surface area contributed by atoms with Crippen molar-refractivity contribution in [3.8, 4) is 0 Å². The molecule has 170 valence electrons. The largest absolute Gasteiger partial charge is 0.449 e. The Morgan fingerprint density at radius 2 is 1.81 bits per heavy atom. The van der Waals surface area contributed by atoms with Crippen LogP contribution in [-0.4, -0.2) is 39.6 Å². The second kappa shape index (κ2) is 10.4. The summed E-state index contributed by atoms with van der Waals surface area (Å²) >= 11 is 5.86. The number of sulfone groups is 1. The van der Waals surface area contributed by atoms with Crippen LogP contribution in [0.2, 0.25) is 5.02 Å². The predicted octanol–water partition coefficient (Wildman–Crippen LogP) is 5.57. The summed E-state index contributed by atoms with van der Waals surface area (Å²) in [5.74, 6) is -1.64. The van der Waals surface area contributed by atoms with Crippen molar-refractivity contribution in [3.63, 3.8) is 0 Å². The van der Waals surface area contributed by atoms with Gasteiger partial charge in [-0.2, -0.15) is 0 Å². The van der Waals surface area contributed by atoms with Crippen molar-refractivity contribution in [1.82, 2.24) is 4.90 Å². The summed E-state index contributed by atoms with van der Waals surface area (Å²) in [7, 11) is -2.63. The van der Waals surface area contributed by atoms with Gasteiger partial charge in [-0.15, -0.1) is 0 Å². The summed E-state index contributed by atoms with van der Waals surface area (Å²) in [6, 6.07) is 8.06. The van der Waals surface area contributed by atoms with E-state index >= 15 is 0 Å². The molecule has 1 unspecified atom stereocenters. The molecule has 0 spiro atoms. The molecule has 0 aliphatic heterocycles. The van der Waals surface area contributed by atoms with Crippen molar-refractivity contribution in [2.75, 3.05) is 20.2 Å². The van der Waals surface area contributed by atoms with E-state index in [1.807, 2.05) is 6.92 Å². The van der Waals surface area contributed by atoms with Crippen LogP contribution in [0.4, 0.5) is 13.6 Å². The van der Waals surface area contributed by atoms with E-state index in [2.05, 4.69) is 0 Å². The van der Waals surface area contributed by atoms with Crippen LogP contribution in [-0.2, 0) is 19.3 Å². The minimum absolute atomic E-state index is 0.102. The summed E-state index contributed by atoms with van der Waals surface area (Å²) in [5.41, 5.74) is -0.335. The van der Waals surface area contributed by atoms with Crippen molar-refractivity contribution in [2.45, 2.75) is 42.8 Å². The number of carbonyl (C=O) groups is 1. The maximum Gasteiger partial charge on any atom is 0.409 e. The number of ether oxygens (including phenoxy) is 1. The van der Waals surface area contributed by atoms with E-state index in [4.69, 9.17) is 16.3 Å². The first-order valence-electron chi connectivity index (χ1n) is 9.86. The number of unbranched alkanes of at least 4 members (excludes halogenated alkanes) is 1. The van der Waals surface area contributed by atoms with Gasteiger partial charge < -0.3 is 9.64 Å². The second-order valence-corrected chi connectivity index (χ2v) is 10.3. The first-order valence-corrected chi connectivity index (χ1v) is 11.7. The smallest absolute Gasteiger partial charge is 0.409 e. The lowest BCUT2D eigenvalue weighted by atomic mass is 9.96. The van der Waals surface area contributed by atoms with E-state index in [-0.39, 0.29) is 23.5 Å². The van der Waals surface area contributed by atoms with Crippen LogP contribution in [0, 0.1) is 11.6 Å². The zero-order valence-corrected chi connectivity index (χ0v) is 19.3. The molecule has 9 heteroatoms. The van der Waals surface area contributed by atoms with Crippen molar-refractivity contribution in [3.05, 3.63) is 64.7 Å². The molecule has 2 aromatic carbocycles. The van der Waals surface area contributed by atoms with Crippen LogP contribution in [0.5, 0.6) is 0 Å². The summed E-state index contributed by atoms with van der Waals surface area (Å²) in [4.78, 5) is 13.4. The van der Waals surface area contributed by atoms with E-state index in [0.29, 0.717) is 11.6 Å². The maximum atomic E-state index is 14.7. The SMILES string of the molecule is CCCCN(C)C(=O)OCCC(C)(c1cc(F)ccc1F)S(=O)(=O)c1ccc(Cl)cc1. The van der Waals surface area contributed by atoms with Gasteiger partial charge in [0.2, 0.25) is 0 Å². The van der Waals surface area contributed by atoms with Crippen LogP contribution < -0.4 is 0 Å². The molecule has 0 saturated heterocycles. The Hall–Kier alpha value is -2.19. The van der Waals surface area contributed by atoms with Gasteiger partial charge in [-0.25, -0.2) is 22.0 Å². The highest BCUT2D eigenvalue weighted by atomic mass is 35.5. The van der Waals surface area contributed by atoms with Gasteiger partial charge in [0, 0.05) is 30.6 Å². The molecule has 2 aromatic rings. The maximum absolute atomic E-state index is 14.7. The Bertz CT molecular complexity index is 1010. The van der Waals surface area contributed by atoms with Gasteiger partial charge in [-0.05, 0) is 55.8 Å². The quantitative estimate of drug-likeness (QED) is 0.478. The number of halogens is 3. The van der Waals surface area contributed by atoms with E-state index < -0.39 is 32.3 Å². The molecule has 2 rings (SSSR count). The Labute approximate surface area is 186 Å². The van der Waals surface area contributed by atoms with E-state index in [9.17, 15) is 22.0 Å². The number of carbonyl (C=O) groups excluding carboxylic acids is 1. The van der Waals surface area contributed by atoms with Crippen LogP contribution in [0.15, 0.2) is 47.4 Å². The van der Waals surface area contributed by atoms with Gasteiger partial charge in [0.25, 0.3) is 0 Å². The highest BCUT2D eigenvalue weighted by molar-refractivity contribution is 7.92. The molecule has 0 heterocycles. The van der Waals surface area contributed by atoms with Gasteiger partial charge in [0.05, 0.1) is 11.5 Å². The molecule has 0 aliphatic rings. The first kappa shape index (κ1) is 25.1. The number of benzene rings is 2. The Morgan fingerprint density at radius 3 is 2.42 bits per heavy atom. The fourth-order valence-electron chi connectivity index (χ4n) is 3.12. The highest BCUT2D eigenvalue weighted by Gasteiger charge is 2.44. The predicted molar refractivity (Wildman–Crippen MR) is 116 cm³/mol. The average Bonchev–Trinajstić information content (AvgIpc) is 2.73. The molecule has 0 N–H and O–H groups in total. The molecule has 0 fully saturated rings. The number of hydrogen-bond donors (Lipinski definition) is 0. The second-order valence-electron chi connectivity index (χ2n) is 7.45. The zero-order valence-electron chi connectivity index (χ0n) is 17.7. The average molecular weight is 474 g/mol. The standard InChI is InChI=1S/C22H26ClF2NO4S/c1-4-5-13-26(3)21(27)30-14-12-22(2,19-15-17(24)8-11-20(19)25)31(28,29)18-9-6-16(23)7-10-18/h6-11,15H,4-5,12-14H2,1-3H3. The van der Waals surface area contributed by atoms with Crippen LogP contribution in [0.3, 0.4) is 0 Å². The Balaban J connectivity index is 2.38. The fraction of sp³-hybridized carbons (Fsp3) is 0.409. The van der Waals surface area contributed by atoms with Gasteiger partial charge in [-0.3, -0.25) is 0 Å². The topological polar surface area (TPSA) is 63.7 Å². The number of nitrogens with zero attached hydrogens (tertiary/aromatic N) is 1. The van der Waals surface area contributed by atoms with Gasteiger partial charge in [-0.1, -0.05) is 24.9 Å². The molecule has 0 radical (unpaired) electrons. The van der Waals surface area contributed by atoms with Crippen molar-refractivity contribution >= 4 is 27.5 Å². The molecule has 1 atom stereocenters. The first-order chi connectivity index (χ1) is 14.5. The third kappa shape index (κ3) is 5.74.